The molecule has 0 spiro atoms. The minimum Gasteiger partial charge on any atom is -0.493 e. The number of aryl methyl sites for hydroxylation is 1. The van der Waals surface area contributed by atoms with Gasteiger partial charge in [-0.3, -0.25) is 9.69 Å². The summed E-state index contributed by atoms with van der Waals surface area (Å²) in [7, 11) is 1.50. The van der Waals surface area contributed by atoms with Crippen molar-refractivity contribution in [2.45, 2.75) is 57.5 Å². The molecule has 0 amide bonds. The number of esters is 1. The monoisotopic (exact) mass is 649 g/mol. The van der Waals surface area contributed by atoms with Crippen LogP contribution in [0.1, 0.15) is 42.0 Å². The SMILES string of the molecule is [C-]#[N+]c1ccc2c(C(O)(CN3CCC(Oc4ccc(CC(=O)OCC)cc4OC)CC3)C(F)(F)F)cn(Cc3ccc(C)cc3)c2c1. The van der Waals surface area contributed by atoms with Gasteiger partial charge in [0.25, 0.3) is 0 Å². The molecule has 11 heteroatoms. The van der Waals surface area contributed by atoms with E-state index in [-0.39, 0.29) is 55.7 Å². The number of aromatic nitrogens is 1. The van der Waals surface area contributed by atoms with Gasteiger partial charge >= 0.3 is 12.1 Å². The summed E-state index contributed by atoms with van der Waals surface area (Å²) in [6, 6.07) is 17.4. The topological polar surface area (TPSA) is 77.5 Å². The third-order valence-electron chi connectivity index (χ3n) is 8.55. The number of carbonyl (C=O) groups is 1. The lowest BCUT2D eigenvalue weighted by Crippen LogP contribution is -2.53. The van der Waals surface area contributed by atoms with Gasteiger partial charge in [0.2, 0.25) is 5.60 Å². The van der Waals surface area contributed by atoms with Crippen LogP contribution in [0.25, 0.3) is 15.7 Å². The highest BCUT2D eigenvalue weighted by molar-refractivity contribution is 5.88. The molecule has 1 aliphatic rings. The second-order valence-electron chi connectivity index (χ2n) is 11.9. The molecule has 8 nitrogen and oxygen atoms in total. The highest BCUT2D eigenvalue weighted by atomic mass is 19.4. The minimum atomic E-state index is -4.97. The van der Waals surface area contributed by atoms with Gasteiger partial charge in [-0.15, -0.1) is 0 Å². The van der Waals surface area contributed by atoms with Gasteiger partial charge < -0.3 is 23.9 Å². The summed E-state index contributed by atoms with van der Waals surface area (Å²) in [6.07, 6.45) is -2.91. The van der Waals surface area contributed by atoms with Gasteiger partial charge in [0.05, 0.1) is 26.7 Å². The Morgan fingerprint density at radius 3 is 2.36 bits per heavy atom. The standard InChI is InChI=1S/C36H38F3N3O5/c1-5-46-34(43)19-26-10-13-32(33(18-26)45-4)47-28-14-16-41(17-15-28)23-35(44,36(37,38)39)30-22-42(21-25-8-6-24(2)7-9-25)31-20-27(40-3)11-12-29(30)31/h6-13,18,20,22,28,44H,5,14-17,19,21,23H2,1-2,4H3. The highest BCUT2D eigenvalue weighted by Crippen LogP contribution is 2.44. The lowest BCUT2D eigenvalue weighted by molar-refractivity contribution is -0.272. The first-order valence-electron chi connectivity index (χ1n) is 15.5. The van der Waals surface area contributed by atoms with E-state index in [0.717, 1.165) is 11.1 Å². The van der Waals surface area contributed by atoms with Crippen LogP contribution >= 0.6 is 0 Å². The molecule has 0 bridgehead atoms. The fourth-order valence-corrected chi connectivity index (χ4v) is 6.01. The van der Waals surface area contributed by atoms with Crippen molar-refractivity contribution >= 4 is 22.6 Å². The lowest BCUT2D eigenvalue weighted by Gasteiger charge is -2.39. The summed E-state index contributed by atoms with van der Waals surface area (Å²) in [4.78, 5) is 17.0. The molecule has 4 aromatic rings. The first-order valence-corrected chi connectivity index (χ1v) is 15.5. The number of β-amino-alcohol motifs (C(OH)–C–C–N with tert-alkyl or cyclic N) is 1. The molecular formula is C36H38F3N3O5. The molecular weight excluding hydrogens is 611 g/mol. The van der Waals surface area contributed by atoms with Crippen molar-refractivity contribution in [1.82, 2.24) is 9.47 Å². The molecule has 1 aromatic heterocycles. The summed E-state index contributed by atoms with van der Waals surface area (Å²) in [5.41, 5.74) is 0.00559. The number of likely N-dealkylation sites (tertiary alicyclic amines) is 1. The number of aliphatic hydroxyl groups is 1. The number of carbonyl (C=O) groups excluding carboxylic acids is 1. The molecule has 0 aliphatic carbocycles. The van der Waals surface area contributed by atoms with E-state index in [0.29, 0.717) is 41.1 Å². The number of nitrogens with zero attached hydrogens (tertiary/aromatic N) is 3. The third-order valence-corrected chi connectivity index (χ3v) is 8.55. The minimum absolute atomic E-state index is 0.0936. The fraction of sp³-hybridized carbons (Fsp3) is 0.389. The van der Waals surface area contributed by atoms with Gasteiger partial charge in [0, 0.05) is 48.8 Å². The van der Waals surface area contributed by atoms with Crippen LogP contribution in [0.4, 0.5) is 18.9 Å². The molecule has 47 heavy (non-hydrogen) atoms. The zero-order valence-corrected chi connectivity index (χ0v) is 26.6. The number of ether oxygens (including phenoxy) is 3. The maximum absolute atomic E-state index is 14.9. The first-order chi connectivity index (χ1) is 22.4. The maximum Gasteiger partial charge on any atom is 0.422 e. The van der Waals surface area contributed by atoms with E-state index in [9.17, 15) is 23.1 Å². The summed E-state index contributed by atoms with van der Waals surface area (Å²) >= 11 is 0. The van der Waals surface area contributed by atoms with E-state index in [2.05, 4.69) is 4.85 Å². The molecule has 0 radical (unpaired) electrons. The van der Waals surface area contributed by atoms with Crippen LogP contribution < -0.4 is 9.47 Å². The number of rotatable bonds is 11. The van der Waals surface area contributed by atoms with E-state index >= 15 is 0 Å². The van der Waals surface area contributed by atoms with Crippen LogP contribution in [-0.4, -0.2) is 66.2 Å². The van der Waals surface area contributed by atoms with Crippen molar-refractivity contribution in [2.75, 3.05) is 33.4 Å². The van der Waals surface area contributed by atoms with Crippen LogP contribution in [0.5, 0.6) is 11.5 Å². The Balaban J connectivity index is 1.34. The van der Waals surface area contributed by atoms with Crippen molar-refractivity contribution in [3.8, 4) is 11.5 Å². The Labute approximate surface area is 272 Å². The molecule has 2 heterocycles. The zero-order valence-electron chi connectivity index (χ0n) is 26.6. The van der Waals surface area contributed by atoms with Crippen molar-refractivity contribution in [3.05, 3.63) is 101 Å². The van der Waals surface area contributed by atoms with E-state index < -0.39 is 18.3 Å². The summed E-state index contributed by atoms with van der Waals surface area (Å²) in [5.74, 6) is 0.577. The largest absolute Gasteiger partial charge is 0.493 e. The second kappa shape index (κ2) is 14.1. The number of hydrogen-bond donors (Lipinski definition) is 1. The van der Waals surface area contributed by atoms with E-state index in [1.54, 1.807) is 40.7 Å². The summed E-state index contributed by atoms with van der Waals surface area (Å²) < 4.78 is 63.0. The summed E-state index contributed by atoms with van der Waals surface area (Å²) in [5, 5.41) is 11.8. The highest BCUT2D eigenvalue weighted by Gasteiger charge is 2.57. The predicted molar refractivity (Wildman–Crippen MR) is 172 cm³/mol. The van der Waals surface area contributed by atoms with Crippen molar-refractivity contribution < 1.29 is 37.3 Å². The Kier molecular flexibility index (Phi) is 10.1. The number of hydrogen-bond acceptors (Lipinski definition) is 6. The van der Waals surface area contributed by atoms with Gasteiger partial charge in [-0.05, 0) is 56.0 Å². The Hall–Kier alpha value is -4.53. The van der Waals surface area contributed by atoms with Crippen LogP contribution in [0.15, 0.2) is 66.9 Å². The molecule has 1 fully saturated rings. The van der Waals surface area contributed by atoms with E-state index in [4.69, 9.17) is 20.8 Å². The molecule has 3 aromatic carbocycles. The number of methoxy groups -OCH3 is 1. The summed E-state index contributed by atoms with van der Waals surface area (Å²) in [6.45, 7) is 11.6. The van der Waals surface area contributed by atoms with E-state index in [1.807, 2.05) is 31.2 Å². The molecule has 5 rings (SSSR count). The fourth-order valence-electron chi connectivity index (χ4n) is 6.01. The number of fused-ring (bicyclic) bond motifs is 1. The molecule has 0 saturated carbocycles. The average Bonchev–Trinajstić information content (AvgIpc) is 3.41. The molecule has 1 aliphatic heterocycles. The van der Waals surface area contributed by atoms with Crippen molar-refractivity contribution in [2.24, 2.45) is 0 Å². The lowest BCUT2D eigenvalue weighted by atomic mass is 9.91. The van der Waals surface area contributed by atoms with Crippen LogP contribution in [0.3, 0.4) is 0 Å². The molecule has 248 valence electrons. The Morgan fingerprint density at radius 1 is 1.02 bits per heavy atom. The normalized spacial score (nSPS) is 15.6. The number of benzene rings is 3. The Morgan fingerprint density at radius 2 is 1.72 bits per heavy atom. The van der Waals surface area contributed by atoms with Gasteiger partial charge in [0.1, 0.15) is 6.10 Å². The smallest absolute Gasteiger partial charge is 0.422 e. The third kappa shape index (κ3) is 7.56. The quantitative estimate of drug-likeness (QED) is 0.140. The first kappa shape index (κ1) is 33.8. The molecule has 1 atom stereocenters. The Bertz CT molecular complexity index is 1750. The van der Waals surface area contributed by atoms with Crippen LogP contribution in [-0.2, 0) is 28.1 Å². The van der Waals surface area contributed by atoms with Crippen LogP contribution in [0.2, 0.25) is 0 Å². The van der Waals surface area contributed by atoms with Gasteiger partial charge in [0.15, 0.2) is 17.2 Å². The molecule has 1 N–H and O–H groups in total. The van der Waals surface area contributed by atoms with Crippen molar-refractivity contribution in [3.63, 3.8) is 0 Å². The van der Waals surface area contributed by atoms with Crippen molar-refractivity contribution in [1.29, 1.82) is 0 Å². The average molecular weight is 650 g/mol. The zero-order chi connectivity index (χ0) is 33.8. The van der Waals surface area contributed by atoms with Crippen LogP contribution in [0, 0.1) is 13.5 Å². The number of piperidine rings is 1. The number of halogens is 3. The number of alkyl halides is 3. The molecule has 1 unspecified atom stereocenters. The van der Waals surface area contributed by atoms with Gasteiger partial charge in [-0.25, -0.2) is 4.85 Å². The van der Waals surface area contributed by atoms with E-state index in [1.165, 1.54) is 25.4 Å². The van der Waals surface area contributed by atoms with Gasteiger partial charge in [-0.1, -0.05) is 48.0 Å². The molecule has 1 saturated heterocycles. The maximum atomic E-state index is 14.9. The van der Waals surface area contributed by atoms with Gasteiger partial charge in [-0.2, -0.15) is 13.2 Å². The predicted octanol–water partition coefficient (Wildman–Crippen LogP) is 6.96. The second-order valence-corrected chi connectivity index (χ2v) is 11.9.